The first-order chi connectivity index (χ1) is 20.3. The number of para-hydroxylation sites is 1. The third-order valence-electron chi connectivity index (χ3n) is 6.29. The van der Waals surface area contributed by atoms with Crippen LogP contribution in [-0.2, 0) is 6.61 Å². The van der Waals surface area contributed by atoms with E-state index < -0.39 is 22.0 Å². The Morgan fingerprint density at radius 1 is 1.10 bits per heavy atom. The van der Waals surface area contributed by atoms with Crippen LogP contribution in [0.3, 0.4) is 0 Å². The van der Waals surface area contributed by atoms with Crippen molar-refractivity contribution in [1.82, 2.24) is 9.66 Å². The van der Waals surface area contributed by atoms with E-state index in [9.17, 15) is 19.3 Å². The normalized spacial score (nSPS) is 11.5. The molecule has 4 aromatic carbocycles. The molecule has 0 amide bonds. The second-order valence-corrected chi connectivity index (χ2v) is 10.5. The Balaban J connectivity index is 1.42. The molecule has 2 aromatic heterocycles. The molecule has 0 aliphatic carbocycles. The van der Waals surface area contributed by atoms with Crippen LogP contribution < -0.4 is 10.3 Å². The second-order valence-electron chi connectivity index (χ2n) is 9.13. The van der Waals surface area contributed by atoms with Crippen LogP contribution in [0.4, 0.5) is 10.1 Å². The number of ether oxygens (including phenoxy) is 1. The lowest BCUT2D eigenvalue weighted by molar-refractivity contribution is -0.385. The molecular weight excluding hydrogens is 631 g/mol. The number of halogens is 3. The van der Waals surface area contributed by atoms with Gasteiger partial charge in [0.2, 0.25) is 11.6 Å². The van der Waals surface area contributed by atoms with E-state index in [0.717, 1.165) is 14.5 Å². The molecule has 0 aliphatic rings. The highest BCUT2D eigenvalue weighted by Crippen LogP contribution is 2.36. The molecule has 6 aromatic rings. The molecule has 6 rings (SSSR count). The molecule has 0 unspecified atom stereocenters. The minimum Gasteiger partial charge on any atom is -0.481 e. The standard InChI is InChI=1S/C30H17BrClFN4O5/c31-20-8-9-26-19(13-20)14-27(42-26)29-35-24-7-2-1-6-22(24)30(38)36(29)34-15-18-11-23(32)28(25(12-18)37(39)40)41-16-17-4-3-5-21(33)10-17/h1-15H,16H2. The first-order valence-corrected chi connectivity index (χ1v) is 13.5. The maximum atomic E-state index is 13.5. The largest absolute Gasteiger partial charge is 0.481 e. The topological polar surface area (TPSA) is 113 Å². The Hall–Kier alpha value is -4.87. The summed E-state index contributed by atoms with van der Waals surface area (Å²) < 4.78 is 27.1. The zero-order valence-electron chi connectivity index (χ0n) is 21.3. The van der Waals surface area contributed by atoms with Crippen molar-refractivity contribution in [1.29, 1.82) is 0 Å². The lowest BCUT2D eigenvalue weighted by Crippen LogP contribution is -2.20. The predicted octanol–water partition coefficient (Wildman–Crippen LogP) is 7.73. The SMILES string of the molecule is O=c1c2ccccc2nc(-c2cc3cc(Br)ccc3o2)n1N=Cc1cc(Cl)c(OCc2cccc(F)c2)c([N+](=O)[O-])c1. The van der Waals surface area contributed by atoms with Crippen molar-refractivity contribution in [3.8, 4) is 17.3 Å². The van der Waals surface area contributed by atoms with E-state index in [1.165, 1.54) is 36.5 Å². The van der Waals surface area contributed by atoms with Gasteiger partial charge in [-0.2, -0.15) is 9.78 Å². The number of hydrogen-bond donors (Lipinski definition) is 0. The predicted molar refractivity (Wildman–Crippen MR) is 161 cm³/mol. The maximum Gasteiger partial charge on any atom is 0.313 e. The van der Waals surface area contributed by atoms with E-state index in [1.807, 2.05) is 12.1 Å². The number of aromatic nitrogens is 2. The van der Waals surface area contributed by atoms with Crippen LogP contribution in [0.15, 0.2) is 104 Å². The maximum absolute atomic E-state index is 13.5. The van der Waals surface area contributed by atoms with Crippen molar-refractivity contribution in [2.24, 2.45) is 5.10 Å². The molecular formula is C30H17BrClFN4O5. The van der Waals surface area contributed by atoms with Gasteiger partial charge < -0.3 is 9.15 Å². The van der Waals surface area contributed by atoms with Gasteiger partial charge in [-0.25, -0.2) is 9.37 Å². The fourth-order valence-corrected chi connectivity index (χ4v) is 5.03. The van der Waals surface area contributed by atoms with Crippen LogP contribution in [0, 0.1) is 15.9 Å². The van der Waals surface area contributed by atoms with Crippen LogP contribution in [-0.4, -0.2) is 20.8 Å². The Morgan fingerprint density at radius 3 is 2.74 bits per heavy atom. The lowest BCUT2D eigenvalue weighted by Gasteiger charge is -2.10. The quantitative estimate of drug-likeness (QED) is 0.0996. The number of furan rings is 1. The van der Waals surface area contributed by atoms with E-state index in [1.54, 1.807) is 42.5 Å². The van der Waals surface area contributed by atoms with Gasteiger partial charge in [0.25, 0.3) is 5.56 Å². The van der Waals surface area contributed by atoms with Gasteiger partial charge in [-0.15, -0.1) is 0 Å². The molecule has 208 valence electrons. The summed E-state index contributed by atoms with van der Waals surface area (Å²) in [6.45, 7) is -0.138. The van der Waals surface area contributed by atoms with Gasteiger partial charge in [0, 0.05) is 21.5 Å². The van der Waals surface area contributed by atoms with E-state index in [0.29, 0.717) is 27.8 Å². The highest BCUT2D eigenvalue weighted by molar-refractivity contribution is 9.10. The number of hydrogen-bond acceptors (Lipinski definition) is 7. The molecule has 0 spiro atoms. The summed E-state index contributed by atoms with van der Waals surface area (Å²) in [7, 11) is 0. The molecule has 2 heterocycles. The highest BCUT2D eigenvalue weighted by atomic mass is 79.9. The van der Waals surface area contributed by atoms with Gasteiger partial charge in [0.05, 0.1) is 27.1 Å². The van der Waals surface area contributed by atoms with Crippen LogP contribution in [0.2, 0.25) is 5.02 Å². The van der Waals surface area contributed by atoms with Crippen molar-refractivity contribution in [2.45, 2.75) is 6.61 Å². The fraction of sp³-hybridized carbons (Fsp3) is 0.0333. The third-order valence-corrected chi connectivity index (χ3v) is 7.06. The van der Waals surface area contributed by atoms with Gasteiger partial charge in [-0.1, -0.05) is 51.8 Å². The molecule has 0 atom stereocenters. The smallest absolute Gasteiger partial charge is 0.313 e. The average Bonchev–Trinajstić information content (AvgIpc) is 3.39. The van der Waals surface area contributed by atoms with Crippen molar-refractivity contribution >= 4 is 61.3 Å². The second kappa shape index (κ2) is 11.2. The molecule has 0 saturated heterocycles. The average molecular weight is 648 g/mol. The van der Waals surface area contributed by atoms with Crippen molar-refractivity contribution in [3.63, 3.8) is 0 Å². The minimum absolute atomic E-state index is 0.0610. The van der Waals surface area contributed by atoms with Crippen molar-refractivity contribution < 1.29 is 18.5 Å². The summed E-state index contributed by atoms with van der Waals surface area (Å²) in [5.74, 6) is -0.204. The van der Waals surface area contributed by atoms with Crippen LogP contribution >= 0.6 is 27.5 Å². The summed E-state index contributed by atoms with van der Waals surface area (Å²) >= 11 is 9.83. The Labute approximate surface area is 249 Å². The molecule has 0 saturated carbocycles. The van der Waals surface area contributed by atoms with Crippen molar-refractivity contribution in [3.05, 3.63) is 132 Å². The Kier molecular flexibility index (Phi) is 7.27. The van der Waals surface area contributed by atoms with E-state index in [4.69, 9.17) is 20.8 Å². The zero-order chi connectivity index (χ0) is 29.4. The minimum atomic E-state index is -0.647. The van der Waals surface area contributed by atoms with E-state index in [2.05, 4.69) is 26.0 Å². The number of nitro benzene ring substituents is 1. The van der Waals surface area contributed by atoms with Gasteiger partial charge in [0.1, 0.15) is 18.0 Å². The first kappa shape index (κ1) is 27.3. The molecule has 0 radical (unpaired) electrons. The summed E-state index contributed by atoms with van der Waals surface area (Å²) in [5, 5.41) is 17.3. The summed E-state index contributed by atoms with van der Waals surface area (Å²) in [6, 6.07) is 22.3. The molecule has 0 aliphatic heterocycles. The molecule has 42 heavy (non-hydrogen) atoms. The third kappa shape index (κ3) is 5.39. The number of benzene rings is 4. The highest BCUT2D eigenvalue weighted by Gasteiger charge is 2.21. The van der Waals surface area contributed by atoms with E-state index in [-0.39, 0.29) is 28.8 Å². The Bertz CT molecular complexity index is 2110. The summed E-state index contributed by atoms with van der Waals surface area (Å²) in [6.07, 6.45) is 1.26. The zero-order valence-corrected chi connectivity index (χ0v) is 23.7. The molecule has 0 fully saturated rings. The van der Waals surface area contributed by atoms with Gasteiger partial charge in [-0.3, -0.25) is 14.9 Å². The first-order valence-electron chi connectivity index (χ1n) is 12.4. The van der Waals surface area contributed by atoms with Gasteiger partial charge in [-0.05, 0) is 60.2 Å². The van der Waals surface area contributed by atoms with Gasteiger partial charge in [0.15, 0.2) is 5.76 Å². The lowest BCUT2D eigenvalue weighted by atomic mass is 10.2. The van der Waals surface area contributed by atoms with Crippen molar-refractivity contribution in [2.75, 3.05) is 0 Å². The van der Waals surface area contributed by atoms with Crippen LogP contribution in [0.1, 0.15) is 11.1 Å². The monoisotopic (exact) mass is 646 g/mol. The van der Waals surface area contributed by atoms with Crippen LogP contribution in [0.25, 0.3) is 33.5 Å². The summed E-state index contributed by atoms with van der Waals surface area (Å²) in [5.41, 5.74) is 0.840. The number of rotatable bonds is 7. The summed E-state index contributed by atoms with van der Waals surface area (Å²) in [4.78, 5) is 29.4. The molecule has 0 bridgehead atoms. The molecule has 9 nitrogen and oxygen atoms in total. The van der Waals surface area contributed by atoms with Gasteiger partial charge >= 0.3 is 5.69 Å². The molecule has 12 heteroatoms. The fourth-order valence-electron chi connectivity index (χ4n) is 4.37. The Morgan fingerprint density at radius 2 is 1.93 bits per heavy atom. The number of nitro groups is 1. The number of fused-ring (bicyclic) bond motifs is 2. The molecule has 0 N–H and O–H groups in total. The van der Waals surface area contributed by atoms with Crippen LogP contribution in [0.5, 0.6) is 5.75 Å². The number of nitrogens with zero attached hydrogens (tertiary/aromatic N) is 4. The van der Waals surface area contributed by atoms with E-state index >= 15 is 0 Å².